The highest BCUT2D eigenvalue weighted by Gasteiger charge is 2.27. The van der Waals surface area contributed by atoms with E-state index in [2.05, 4.69) is 15.9 Å². The van der Waals surface area contributed by atoms with E-state index >= 15 is 0 Å². The summed E-state index contributed by atoms with van der Waals surface area (Å²) in [6.07, 6.45) is 0.367. The number of nitrogens with zero attached hydrogens (tertiary/aromatic N) is 1. The number of rotatable bonds is 2. The normalized spacial score (nSPS) is 20.1. The Hall–Kier alpha value is -1.04. The molecule has 1 saturated heterocycles. The second-order valence-corrected chi connectivity index (χ2v) is 5.24. The lowest BCUT2D eigenvalue weighted by atomic mass is 10.2. The minimum absolute atomic E-state index is 0.0603. The zero-order valence-electron chi connectivity index (χ0n) is 8.72. The Morgan fingerprint density at radius 1 is 1.29 bits per heavy atom. The van der Waals surface area contributed by atoms with E-state index in [1.807, 2.05) is 0 Å². The molecular formula is C11H9BrF3NO. The fraction of sp³-hybridized carbons (Fsp3) is 0.364. The molecule has 1 unspecified atom stereocenters. The largest absolute Gasteiger partial charge is 0.337 e. The van der Waals surface area contributed by atoms with Crippen molar-refractivity contribution in [3.63, 3.8) is 0 Å². The molecule has 1 amide bonds. The molecule has 6 heteroatoms. The molecule has 1 fully saturated rings. The molecule has 17 heavy (non-hydrogen) atoms. The van der Waals surface area contributed by atoms with Crippen LogP contribution in [-0.4, -0.2) is 22.2 Å². The van der Waals surface area contributed by atoms with E-state index in [9.17, 15) is 18.0 Å². The van der Waals surface area contributed by atoms with Gasteiger partial charge in [0.1, 0.15) is 0 Å². The van der Waals surface area contributed by atoms with Gasteiger partial charge in [0.15, 0.2) is 17.5 Å². The number of carbonyl (C=O) groups is 1. The smallest absolute Gasteiger partial charge is 0.224 e. The molecule has 0 radical (unpaired) electrons. The molecular weight excluding hydrogens is 299 g/mol. The standard InChI is InChI=1S/C11H9BrF3NO/c12-7-3-10(17)16(5-7)4-6-1-8(13)11(15)9(14)2-6/h1-2,7H,3-5H2. The number of hydrogen-bond acceptors (Lipinski definition) is 1. The molecule has 0 spiro atoms. The van der Waals surface area contributed by atoms with Crippen LogP contribution in [0.3, 0.4) is 0 Å². The lowest BCUT2D eigenvalue weighted by molar-refractivity contribution is -0.128. The molecule has 0 aromatic heterocycles. The lowest BCUT2D eigenvalue weighted by Crippen LogP contribution is -2.24. The number of halogens is 4. The summed E-state index contributed by atoms with van der Waals surface area (Å²) in [5.74, 6) is -4.04. The van der Waals surface area contributed by atoms with Crippen LogP contribution in [0, 0.1) is 17.5 Å². The number of likely N-dealkylation sites (tertiary alicyclic amines) is 1. The van der Waals surface area contributed by atoms with Gasteiger partial charge in [0.2, 0.25) is 5.91 Å². The molecule has 1 aromatic carbocycles. The summed E-state index contributed by atoms with van der Waals surface area (Å²) in [6.45, 7) is 0.578. The van der Waals surface area contributed by atoms with Crippen LogP contribution in [0.4, 0.5) is 13.2 Å². The zero-order valence-corrected chi connectivity index (χ0v) is 10.3. The van der Waals surface area contributed by atoms with Crippen molar-refractivity contribution in [2.75, 3.05) is 6.54 Å². The van der Waals surface area contributed by atoms with Gasteiger partial charge in [-0.05, 0) is 17.7 Å². The third-order valence-electron chi connectivity index (χ3n) is 2.58. The van der Waals surface area contributed by atoms with Crippen molar-refractivity contribution in [2.24, 2.45) is 0 Å². The second kappa shape index (κ2) is 4.68. The van der Waals surface area contributed by atoms with E-state index in [0.717, 1.165) is 12.1 Å². The van der Waals surface area contributed by atoms with Crippen molar-refractivity contribution in [3.05, 3.63) is 35.1 Å². The molecule has 1 atom stereocenters. The summed E-state index contributed by atoms with van der Waals surface area (Å²) in [7, 11) is 0. The number of amides is 1. The molecule has 0 aliphatic carbocycles. The van der Waals surface area contributed by atoms with E-state index in [-0.39, 0.29) is 22.8 Å². The predicted octanol–water partition coefficient (Wildman–Crippen LogP) is 2.60. The van der Waals surface area contributed by atoms with Crippen molar-refractivity contribution < 1.29 is 18.0 Å². The molecule has 0 bridgehead atoms. The van der Waals surface area contributed by atoms with Crippen molar-refractivity contribution in [1.29, 1.82) is 0 Å². The molecule has 1 aliphatic heterocycles. The minimum atomic E-state index is -1.49. The molecule has 2 nitrogen and oxygen atoms in total. The SMILES string of the molecule is O=C1CC(Br)CN1Cc1cc(F)c(F)c(F)c1. The van der Waals surface area contributed by atoms with Gasteiger partial charge in [-0.1, -0.05) is 15.9 Å². The van der Waals surface area contributed by atoms with Crippen LogP contribution in [-0.2, 0) is 11.3 Å². The monoisotopic (exact) mass is 307 g/mol. The van der Waals surface area contributed by atoms with E-state index in [1.54, 1.807) is 0 Å². The van der Waals surface area contributed by atoms with Crippen LogP contribution in [0.25, 0.3) is 0 Å². The van der Waals surface area contributed by atoms with Crippen LogP contribution in [0.2, 0.25) is 0 Å². The number of benzene rings is 1. The first-order valence-corrected chi connectivity index (χ1v) is 5.94. The first-order chi connectivity index (χ1) is 7.97. The van der Waals surface area contributed by atoms with Crippen molar-refractivity contribution in [2.45, 2.75) is 17.8 Å². The van der Waals surface area contributed by atoms with E-state index in [4.69, 9.17) is 0 Å². The van der Waals surface area contributed by atoms with Crippen molar-refractivity contribution in [1.82, 2.24) is 4.90 Å². The highest BCUT2D eigenvalue weighted by Crippen LogP contribution is 2.21. The predicted molar refractivity (Wildman–Crippen MR) is 59.1 cm³/mol. The summed E-state index contributed by atoms with van der Waals surface area (Å²) in [4.78, 5) is 13.0. The van der Waals surface area contributed by atoms with Gasteiger partial charge in [0.05, 0.1) is 0 Å². The fourth-order valence-electron chi connectivity index (χ4n) is 1.80. The molecule has 1 heterocycles. The van der Waals surface area contributed by atoms with Crippen molar-refractivity contribution in [3.8, 4) is 0 Å². The van der Waals surface area contributed by atoms with Gasteiger partial charge in [0, 0.05) is 24.3 Å². The van der Waals surface area contributed by atoms with Gasteiger partial charge < -0.3 is 4.90 Å². The molecule has 92 valence electrons. The van der Waals surface area contributed by atoms with Crippen LogP contribution in [0.5, 0.6) is 0 Å². The average molecular weight is 308 g/mol. The van der Waals surface area contributed by atoms with Gasteiger partial charge in [-0.25, -0.2) is 13.2 Å². The van der Waals surface area contributed by atoms with Crippen LogP contribution in [0.1, 0.15) is 12.0 Å². The third-order valence-corrected chi connectivity index (χ3v) is 3.20. The zero-order chi connectivity index (χ0) is 12.6. The Morgan fingerprint density at radius 2 is 1.88 bits per heavy atom. The minimum Gasteiger partial charge on any atom is -0.337 e. The molecule has 2 rings (SSSR count). The first-order valence-electron chi connectivity index (χ1n) is 5.02. The van der Waals surface area contributed by atoms with Gasteiger partial charge in [0.25, 0.3) is 0 Å². The Balaban J connectivity index is 2.17. The van der Waals surface area contributed by atoms with Gasteiger partial charge in [-0.15, -0.1) is 0 Å². The third kappa shape index (κ3) is 2.62. The quantitative estimate of drug-likeness (QED) is 0.607. The van der Waals surface area contributed by atoms with Gasteiger partial charge in [-0.3, -0.25) is 4.79 Å². The van der Waals surface area contributed by atoms with Gasteiger partial charge >= 0.3 is 0 Å². The van der Waals surface area contributed by atoms with Crippen LogP contribution < -0.4 is 0 Å². The number of carbonyl (C=O) groups excluding carboxylic acids is 1. The van der Waals surface area contributed by atoms with E-state index in [0.29, 0.717) is 13.0 Å². The van der Waals surface area contributed by atoms with Crippen LogP contribution in [0.15, 0.2) is 12.1 Å². The Labute approximate surface area is 105 Å². The Morgan fingerprint density at radius 3 is 2.35 bits per heavy atom. The maximum absolute atomic E-state index is 13.0. The first kappa shape index (κ1) is 12.4. The summed E-state index contributed by atoms with van der Waals surface area (Å²) < 4.78 is 38.6. The molecule has 1 aromatic rings. The molecule has 0 N–H and O–H groups in total. The Bertz CT molecular complexity index is 443. The highest BCUT2D eigenvalue weighted by atomic mass is 79.9. The van der Waals surface area contributed by atoms with Crippen molar-refractivity contribution >= 4 is 21.8 Å². The summed E-state index contributed by atoms with van der Waals surface area (Å²) in [5.41, 5.74) is 0.247. The maximum atomic E-state index is 13.0. The molecule has 0 saturated carbocycles. The van der Waals surface area contributed by atoms with E-state index in [1.165, 1.54) is 4.90 Å². The fourth-order valence-corrected chi connectivity index (χ4v) is 2.42. The Kier molecular flexibility index (Phi) is 3.42. The van der Waals surface area contributed by atoms with Gasteiger partial charge in [-0.2, -0.15) is 0 Å². The lowest BCUT2D eigenvalue weighted by Gasteiger charge is -2.16. The van der Waals surface area contributed by atoms with Crippen LogP contribution >= 0.6 is 15.9 Å². The summed E-state index contributed by atoms with van der Waals surface area (Å²) in [5, 5.41) is 0. The maximum Gasteiger partial charge on any atom is 0.224 e. The number of alkyl halides is 1. The second-order valence-electron chi connectivity index (χ2n) is 3.95. The van der Waals surface area contributed by atoms with E-state index < -0.39 is 17.5 Å². The summed E-state index contributed by atoms with van der Waals surface area (Å²) >= 11 is 3.30. The number of hydrogen-bond donors (Lipinski definition) is 0. The molecule has 1 aliphatic rings. The topological polar surface area (TPSA) is 20.3 Å². The average Bonchev–Trinajstić information content (AvgIpc) is 2.54. The summed E-state index contributed by atoms with van der Waals surface area (Å²) in [6, 6.07) is 1.82. The highest BCUT2D eigenvalue weighted by molar-refractivity contribution is 9.09.